The summed E-state index contributed by atoms with van der Waals surface area (Å²) in [7, 11) is 2.13. The highest BCUT2D eigenvalue weighted by molar-refractivity contribution is 5.22. The molecule has 0 aromatic heterocycles. The van der Waals surface area contributed by atoms with Crippen LogP contribution in [0.3, 0.4) is 0 Å². The Morgan fingerprint density at radius 1 is 1.22 bits per heavy atom. The maximum Gasteiger partial charge on any atom is 0.0234 e. The molecule has 1 N–H and O–H groups in total. The summed E-state index contributed by atoms with van der Waals surface area (Å²) < 4.78 is 0. The van der Waals surface area contributed by atoms with Crippen molar-refractivity contribution in [2.24, 2.45) is 0 Å². The van der Waals surface area contributed by atoms with Crippen LogP contribution in [-0.2, 0) is 13.1 Å². The van der Waals surface area contributed by atoms with E-state index in [1.807, 2.05) is 0 Å². The van der Waals surface area contributed by atoms with E-state index in [0.717, 1.165) is 19.6 Å². The molecule has 18 heavy (non-hydrogen) atoms. The summed E-state index contributed by atoms with van der Waals surface area (Å²) in [5, 5.41) is 3.43. The van der Waals surface area contributed by atoms with E-state index in [1.54, 1.807) is 0 Å². The molecular weight excluding hydrogens is 220 g/mol. The Morgan fingerprint density at radius 3 is 2.28 bits per heavy atom. The maximum absolute atomic E-state index is 3.94. The molecule has 0 bridgehead atoms. The van der Waals surface area contributed by atoms with Gasteiger partial charge in [-0.1, -0.05) is 50.3 Å². The van der Waals surface area contributed by atoms with E-state index in [-0.39, 0.29) is 0 Å². The van der Waals surface area contributed by atoms with Gasteiger partial charge in [0.2, 0.25) is 0 Å². The zero-order valence-electron chi connectivity index (χ0n) is 12.2. The Labute approximate surface area is 112 Å². The first-order valence-corrected chi connectivity index (χ1v) is 6.61. The van der Waals surface area contributed by atoms with Crippen LogP contribution in [0.5, 0.6) is 0 Å². The van der Waals surface area contributed by atoms with Crippen molar-refractivity contribution in [2.45, 2.75) is 39.9 Å². The van der Waals surface area contributed by atoms with Crippen LogP contribution in [-0.4, -0.2) is 24.5 Å². The average molecular weight is 246 g/mol. The van der Waals surface area contributed by atoms with Crippen molar-refractivity contribution in [3.63, 3.8) is 0 Å². The van der Waals surface area contributed by atoms with Gasteiger partial charge < -0.3 is 5.32 Å². The van der Waals surface area contributed by atoms with E-state index in [1.165, 1.54) is 16.7 Å². The summed E-state index contributed by atoms with van der Waals surface area (Å²) in [6, 6.07) is 9.38. The number of nitrogens with zero attached hydrogens (tertiary/aromatic N) is 1. The van der Waals surface area contributed by atoms with Crippen molar-refractivity contribution in [2.75, 3.05) is 13.6 Å². The number of nitrogens with one attached hydrogen (secondary N) is 1. The van der Waals surface area contributed by atoms with Gasteiger partial charge in [-0.2, -0.15) is 0 Å². The highest BCUT2D eigenvalue weighted by atomic mass is 15.1. The van der Waals surface area contributed by atoms with Crippen LogP contribution >= 0.6 is 0 Å². The fourth-order valence-corrected chi connectivity index (χ4v) is 1.91. The van der Waals surface area contributed by atoms with Crippen molar-refractivity contribution >= 4 is 0 Å². The standard InChI is InChI=1S/C16H26N2/c1-13(2)11-18(5)12-16-8-6-15(7-9-16)10-17-14(3)4/h6-9,14,17H,1,10-12H2,2-5H3. The number of hydrogen-bond donors (Lipinski definition) is 1. The van der Waals surface area contributed by atoms with Crippen molar-refractivity contribution in [3.05, 3.63) is 47.5 Å². The normalized spacial score (nSPS) is 11.2. The number of benzene rings is 1. The van der Waals surface area contributed by atoms with Crippen LogP contribution in [0.15, 0.2) is 36.4 Å². The summed E-state index contributed by atoms with van der Waals surface area (Å²) in [6.45, 7) is 13.2. The summed E-state index contributed by atoms with van der Waals surface area (Å²) >= 11 is 0. The average Bonchev–Trinajstić information content (AvgIpc) is 2.26. The quantitative estimate of drug-likeness (QED) is 0.743. The zero-order chi connectivity index (χ0) is 13.5. The molecular formula is C16H26N2. The van der Waals surface area contributed by atoms with E-state index in [0.29, 0.717) is 6.04 Å². The smallest absolute Gasteiger partial charge is 0.0234 e. The highest BCUT2D eigenvalue weighted by Gasteiger charge is 2.01. The molecule has 0 fully saturated rings. The molecule has 0 aliphatic rings. The van der Waals surface area contributed by atoms with Crippen LogP contribution in [0.4, 0.5) is 0 Å². The molecule has 0 aliphatic heterocycles. The Hall–Kier alpha value is -1.12. The van der Waals surface area contributed by atoms with Gasteiger partial charge in [-0.25, -0.2) is 0 Å². The Morgan fingerprint density at radius 2 is 1.78 bits per heavy atom. The molecule has 0 saturated heterocycles. The molecule has 0 atom stereocenters. The van der Waals surface area contributed by atoms with Gasteiger partial charge in [-0.3, -0.25) is 4.90 Å². The Kier molecular flexibility index (Phi) is 6.10. The molecule has 1 rings (SSSR count). The summed E-state index contributed by atoms with van der Waals surface area (Å²) in [6.07, 6.45) is 0. The minimum Gasteiger partial charge on any atom is -0.310 e. The number of rotatable bonds is 7. The summed E-state index contributed by atoms with van der Waals surface area (Å²) in [5.41, 5.74) is 3.90. The van der Waals surface area contributed by atoms with Crippen molar-refractivity contribution in [1.29, 1.82) is 0 Å². The molecule has 0 spiro atoms. The van der Waals surface area contributed by atoms with Crippen LogP contribution < -0.4 is 5.32 Å². The second-order valence-electron chi connectivity index (χ2n) is 5.48. The van der Waals surface area contributed by atoms with Crippen molar-refractivity contribution in [1.82, 2.24) is 10.2 Å². The monoisotopic (exact) mass is 246 g/mol. The van der Waals surface area contributed by atoms with Gasteiger partial charge in [0.25, 0.3) is 0 Å². The molecule has 2 nitrogen and oxygen atoms in total. The van der Waals surface area contributed by atoms with Crippen LogP contribution in [0.25, 0.3) is 0 Å². The molecule has 0 radical (unpaired) electrons. The third-order valence-corrected chi connectivity index (χ3v) is 2.73. The molecule has 0 unspecified atom stereocenters. The zero-order valence-corrected chi connectivity index (χ0v) is 12.2. The van der Waals surface area contributed by atoms with Crippen molar-refractivity contribution < 1.29 is 0 Å². The van der Waals surface area contributed by atoms with Crippen LogP contribution in [0, 0.1) is 0 Å². The van der Waals surface area contributed by atoms with Crippen LogP contribution in [0.1, 0.15) is 31.9 Å². The van der Waals surface area contributed by atoms with Crippen LogP contribution in [0.2, 0.25) is 0 Å². The number of hydrogen-bond acceptors (Lipinski definition) is 2. The molecule has 100 valence electrons. The molecule has 0 saturated carbocycles. The second kappa shape index (κ2) is 7.34. The SMILES string of the molecule is C=C(C)CN(C)Cc1ccc(CNC(C)C)cc1. The van der Waals surface area contributed by atoms with E-state index in [4.69, 9.17) is 0 Å². The maximum atomic E-state index is 3.94. The third kappa shape index (κ3) is 5.99. The van der Waals surface area contributed by atoms with E-state index in [9.17, 15) is 0 Å². The number of likely N-dealkylation sites (N-methyl/N-ethyl adjacent to an activating group) is 1. The second-order valence-corrected chi connectivity index (χ2v) is 5.48. The van der Waals surface area contributed by atoms with Gasteiger partial charge >= 0.3 is 0 Å². The summed E-state index contributed by atoms with van der Waals surface area (Å²) in [4.78, 5) is 2.28. The predicted molar refractivity (Wildman–Crippen MR) is 79.6 cm³/mol. The lowest BCUT2D eigenvalue weighted by atomic mass is 10.1. The topological polar surface area (TPSA) is 15.3 Å². The molecule has 1 aromatic carbocycles. The van der Waals surface area contributed by atoms with Gasteiger partial charge in [0, 0.05) is 25.7 Å². The lowest BCUT2D eigenvalue weighted by Crippen LogP contribution is -2.22. The summed E-state index contributed by atoms with van der Waals surface area (Å²) in [5.74, 6) is 0. The Balaban J connectivity index is 2.47. The molecule has 0 heterocycles. The van der Waals surface area contributed by atoms with Gasteiger partial charge in [0.1, 0.15) is 0 Å². The van der Waals surface area contributed by atoms with E-state index < -0.39 is 0 Å². The highest BCUT2D eigenvalue weighted by Crippen LogP contribution is 2.08. The minimum absolute atomic E-state index is 0.534. The minimum atomic E-state index is 0.534. The first-order valence-electron chi connectivity index (χ1n) is 6.61. The van der Waals surface area contributed by atoms with E-state index in [2.05, 4.69) is 68.9 Å². The Bertz CT molecular complexity index is 365. The third-order valence-electron chi connectivity index (χ3n) is 2.73. The molecule has 0 aliphatic carbocycles. The molecule has 1 aromatic rings. The van der Waals surface area contributed by atoms with Gasteiger partial charge in [-0.15, -0.1) is 0 Å². The molecule has 0 amide bonds. The first-order chi connectivity index (χ1) is 8.47. The first kappa shape index (κ1) is 14.9. The van der Waals surface area contributed by atoms with Gasteiger partial charge in [0.05, 0.1) is 0 Å². The fraction of sp³-hybridized carbons (Fsp3) is 0.500. The fourth-order valence-electron chi connectivity index (χ4n) is 1.91. The van der Waals surface area contributed by atoms with Crippen molar-refractivity contribution in [3.8, 4) is 0 Å². The van der Waals surface area contributed by atoms with Gasteiger partial charge in [-0.05, 0) is 25.1 Å². The molecule has 2 heteroatoms. The lowest BCUT2D eigenvalue weighted by Gasteiger charge is -2.17. The lowest BCUT2D eigenvalue weighted by molar-refractivity contribution is 0.355. The van der Waals surface area contributed by atoms with Gasteiger partial charge in [0.15, 0.2) is 0 Å². The van der Waals surface area contributed by atoms with E-state index >= 15 is 0 Å². The predicted octanol–water partition coefficient (Wildman–Crippen LogP) is 3.19. The largest absolute Gasteiger partial charge is 0.310 e.